The molecule has 9 heteroatoms. The van der Waals surface area contributed by atoms with Gasteiger partial charge in [-0.3, -0.25) is 9.69 Å². The summed E-state index contributed by atoms with van der Waals surface area (Å²) in [5.74, 6) is -1.53. The van der Waals surface area contributed by atoms with Gasteiger partial charge in [0, 0.05) is 13.1 Å². The van der Waals surface area contributed by atoms with Crippen LogP contribution in [0, 0.1) is 0 Å². The van der Waals surface area contributed by atoms with E-state index in [4.69, 9.17) is 14.2 Å². The highest BCUT2D eigenvalue weighted by atomic mass is 16.5. The van der Waals surface area contributed by atoms with Crippen molar-refractivity contribution in [2.45, 2.75) is 26.1 Å². The second kappa shape index (κ2) is 10.3. The predicted molar refractivity (Wildman–Crippen MR) is 102 cm³/mol. The molecule has 154 valence electrons. The summed E-state index contributed by atoms with van der Waals surface area (Å²) in [7, 11) is 3.87. The Hall–Kier alpha value is -3.33. The average Bonchev–Trinajstić information content (AvgIpc) is 2.76. The Bertz CT molecular complexity index is 825. The Kier molecular flexibility index (Phi) is 7.79. The fraction of sp³-hybridized carbons (Fsp3) is 0.350. The standard InChI is InChI=1S/C20H23N3O6/c1-13(18(24)27-2)23(11-14-7-5-9-16(21-14)19(25)28-3)12-15-8-6-10-17(22-15)20(26)29-4/h5-10,13H,11-12H2,1-4H3/t13-/m1/s1. The van der Waals surface area contributed by atoms with E-state index in [0.717, 1.165) is 0 Å². The van der Waals surface area contributed by atoms with Gasteiger partial charge in [-0.2, -0.15) is 0 Å². The summed E-state index contributed by atoms with van der Waals surface area (Å²) < 4.78 is 14.3. The van der Waals surface area contributed by atoms with Gasteiger partial charge in [0.25, 0.3) is 0 Å². The van der Waals surface area contributed by atoms with Gasteiger partial charge in [0.2, 0.25) is 0 Å². The molecule has 2 aromatic rings. The maximum Gasteiger partial charge on any atom is 0.356 e. The number of esters is 3. The Morgan fingerprint density at radius 1 is 0.828 bits per heavy atom. The molecular formula is C20H23N3O6. The second-order valence-corrected chi connectivity index (χ2v) is 6.12. The summed E-state index contributed by atoms with van der Waals surface area (Å²) in [6.45, 7) is 2.18. The highest BCUT2D eigenvalue weighted by Gasteiger charge is 2.24. The van der Waals surface area contributed by atoms with E-state index in [-0.39, 0.29) is 24.5 Å². The maximum atomic E-state index is 12.1. The van der Waals surface area contributed by atoms with Gasteiger partial charge in [-0.25, -0.2) is 19.6 Å². The van der Waals surface area contributed by atoms with Crippen LogP contribution in [0.3, 0.4) is 0 Å². The minimum absolute atomic E-state index is 0.168. The van der Waals surface area contributed by atoms with Crippen LogP contribution in [0.5, 0.6) is 0 Å². The first kappa shape index (κ1) is 22.0. The topological polar surface area (TPSA) is 108 Å². The average molecular weight is 401 g/mol. The molecule has 0 radical (unpaired) electrons. The lowest BCUT2D eigenvalue weighted by atomic mass is 10.2. The molecule has 1 atom stereocenters. The van der Waals surface area contributed by atoms with Crippen LogP contribution in [0.25, 0.3) is 0 Å². The lowest BCUT2D eigenvalue weighted by Gasteiger charge is -2.26. The highest BCUT2D eigenvalue weighted by Crippen LogP contribution is 2.14. The quantitative estimate of drug-likeness (QED) is 0.481. The zero-order chi connectivity index (χ0) is 21.4. The second-order valence-electron chi connectivity index (χ2n) is 6.12. The molecule has 9 nitrogen and oxygen atoms in total. The fourth-order valence-corrected chi connectivity index (χ4v) is 2.64. The number of carbonyl (C=O) groups excluding carboxylic acids is 3. The van der Waals surface area contributed by atoms with Gasteiger partial charge < -0.3 is 14.2 Å². The van der Waals surface area contributed by atoms with Gasteiger partial charge in [-0.05, 0) is 31.2 Å². The summed E-state index contributed by atoms with van der Waals surface area (Å²) in [6, 6.07) is 9.32. The Morgan fingerprint density at radius 2 is 1.28 bits per heavy atom. The molecule has 0 saturated carbocycles. The lowest BCUT2D eigenvalue weighted by molar-refractivity contribution is -0.146. The van der Waals surface area contributed by atoms with E-state index in [1.54, 1.807) is 48.2 Å². The summed E-state index contributed by atoms with van der Waals surface area (Å²) in [6.07, 6.45) is 0. The molecule has 2 aromatic heterocycles. The molecule has 0 saturated heterocycles. The molecule has 0 fully saturated rings. The van der Waals surface area contributed by atoms with Crippen molar-refractivity contribution >= 4 is 17.9 Å². The van der Waals surface area contributed by atoms with Crippen molar-refractivity contribution in [3.63, 3.8) is 0 Å². The monoisotopic (exact) mass is 401 g/mol. The summed E-state index contributed by atoms with van der Waals surface area (Å²) in [5, 5.41) is 0. The van der Waals surface area contributed by atoms with Gasteiger partial charge in [-0.15, -0.1) is 0 Å². The zero-order valence-electron chi connectivity index (χ0n) is 16.7. The molecule has 0 amide bonds. The van der Waals surface area contributed by atoms with Crippen LogP contribution in [0.15, 0.2) is 36.4 Å². The van der Waals surface area contributed by atoms with E-state index in [9.17, 15) is 14.4 Å². The molecule has 29 heavy (non-hydrogen) atoms. The van der Waals surface area contributed by atoms with Crippen LogP contribution in [0.4, 0.5) is 0 Å². The molecule has 0 aliphatic rings. The molecule has 0 aliphatic carbocycles. The van der Waals surface area contributed by atoms with E-state index in [0.29, 0.717) is 11.4 Å². The molecule has 0 spiro atoms. The molecule has 0 aliphatic heterocycles. The van der Waals surface area contributed by atoms with E-state index >= 15 is 0 Å². The number of rotatable bonds is 8. The van der Waals surface area contributed by atoms with Crippen molar-refractivity contribution in [3.05, 3.63) is 59.2 Å². The van der Waals surface area contributed by atoms with E-state index in [2.05, 4.69) is 9.97 Å². The molecule has 0 N–H and O–H groups in total. The first-order chi connectivity index (χ1) is 13.9. The summed E-state index contributed by atoms with van der Waals surface area (Å²) in [4.78, 5) is 45.9. The molecule has 0 bridgehead atoms. The molecular weight excluding hydrogens is 378 g/mol. The molecule has 2 heterocycles. The van der Waals surface area contributed by atoms with Gasteiger partial charge >= 0.3 is 17.9 Å². The molecule has 0 aromatic carbocycles. The van der Waals surface area contributed by atoms with Gasteiger partial charge in [0.05, 0.1) is 32.7 Å². The van der Waals surface area contributed by atoms with Crippen LogP contribution in [0.2, 0.25) is 0 Å². The predicted octanol–water partition coefficient (Wildman–Crippen LogP) is 1.61. The largest absolute Gasteiger partial charge is 0.468 e. The number of nitrogens with zero attached hydrogens (tertiary/aromatic N) is 3. The smallest absolute Gasteiger partial charge is 0.356 e. The number of methoxy groups -OCH3 is 3. The zero-order valence-corrected chi connectivity index (χ0v) is 16.7. The highest BCUT2D eigenvalue weighted by molar-refractivity contribution is 5.87. The van der Waals surface area contributed by atoms with Crippen molar-refractivity contribution in [3.8, 4) is 0 Å². The van der Waals surface area contributed by atoms with Crippen LogP contribution >= 0.6 is 0 Å². The number of hydrogen-bond donors (Lipinski definition) is 0. The minimum Gasteiger partial charge on any atom is -0.468 e. The third-order valence-corrected chi connectivity index (χ3v) is 4.22. The number of pyridine rings is 2. The van der Waals surface area contributed by atoms with Gasteiger partial charge in [0.1, 0.15) is 17.4 Å². The van der Waals surface area contributed by atoms with E-state index in [1.165, 1.54) is 21.3 Å². The summed E-state index contributed by atoms with van der Waals surface area (Å²) in [5.41, 5.74) is 1.46. The third kappa shape index (κ3) is 5.82. The first-order valence-electron chi connectivity index (χ1n) is 8.80. The van der Waals surface area contributed by atoms with Crippen LogP contribution in [-0.2, 0) is 32.1 Å². The number of ether oxygens (including phenoxy) is 3. The molecule has 0 unspecified atom stereocenters. The van der Waals surface area contributed by atoms with Gasteiger partial charge in [0.15, 0.2) is 0 Å². The van der Waals surface area contributed by atoms with Crippen molar-refractivity contribution in [1.82, 2.24) is 14.9 Å². The van der Waals surface area contributed by atoms with Crippen molar-refractivity contribution in [2.24, 2.45) is 0 Å². The van der Waals surface area contributed by atoms with Gasteiger partial charge in [-0.1, -0.05) is 12.1 Å². The Morgan fingerprint density at radius 3 is 1.66 bits per heavy atom. The van der Waals surface area contributed by atoms with Crippen LogP contribution < -0.4 is 0 Å². The fourth-order valence-electron chi connectivity index (χ4n) is 2.64. The number of aromatic nitrogens is 2. The minimum atomic E-state index is -0.618. The Balaban J connectivity index is 2.30. The normalized spacial score (nSPS) is 11.6. The maximum absolute atomic E-state index is 12.1. The third-order valence-electron chi connectivity index (χ3n) is 4.22. The SMILES string of the molecule is COC(=O)c1cccc(CN(Cc2cccc(C(=O)OC)n2)[C@H](C)C(=O)OC)n1. The molecule has 2 rings (SSSR count). The van der Waals surface area contributed by atoms with Crippen molar-refractivity contribution < 1.29 is 28.6 Å². The summed E-state index contributed by atoms with van der Waals surface area (Å²) >= 11 is 0. The van der Waals surface area contributed by atoms with E-state index in [1.807, 2.05) is 0 Å². The first-order valence-corrected chi connectivity index (χ1v) is 8.80. The Labute approximate surface area is 168 Å². The van der Waals surface area contributed by atoms with Crippen molar-refractivity contribution in [2.75, 3.05) is 21.3 Å². The number of carbonyl (C=O) groups is 3. The van der Waals surface area contributed by atoms with Crippen molar-refractivity contribution in [1.29, 1.82) is 0 Å². The van der Waals surface area contributed by atoms with Crippen LogP contribution in [-0.4, -0.2) is 60.1 Å². The lowest BCUT2D eigenvalue weighted by Crippen LogP contribution is -2.39. The number of hydrogen-bond acceptors (Lipinski definition) is 9. The van der Waals surface area contributed by atoms with Crippen LogP contribution in [0.1, 0.15) is 39.3 Å². The van der Waals surface area contributed by atoms with E-state index < -0.39 is 23.9 Å².